The Labute approximate surface area is 99.1 Å². The van der Waals surface area contributed by atoms with Crippen molar-refractivity contribution in [1.82, 2.24) is 0 Å². The molecule has 2 aromatic rings. The summed E-state index contributed by atoms with van der Waals surface area (Å²) in [5.74, 6) is 0. The predicted molar refractivity (Wildman–Crippen MR) is 68.9 cm³/mol. The molecule has 0 aliphatic heterocycles. The Morgan fingerprint density at radius 3 is 2.38 bits per heavy atom. The molecule has 2 nitrogen and oxygen atoms in total. The Morgan fingerprint density at radius 2 is 1.81 bits per heavy atom. The molecule has 16 heavy (non-hydrogen) atoms. The van der Waals surface area contributed by atoms with E-state index in [2.05, 4.69) is 36.1 Å². The lowest BCUT2D eigenvalue weighted by molar-refractivity contribution is 0.112. The Kier molecular flexibility index (Phi) is 3.06. The zero-order valence-corrected chi connectivity index (χ0v) is 10.1. The second-order valence-corrected chi connectivity index (χ2v) is 4.78. The molecule has 0 spiro atoms. The number of aldehydes is 1. The van der Waals surface area contributed by atoms with Gasteiger partial charge in [0.2, 0.25) is 0 Å². The van der Waals surface area contributed by atoms with Gasteiger partial charge in [0, 0.05) is 12.7 Å². The molecule has 0 bridgehead atoms. The number of nitrogens with zero attached hydrogens (tertiary/aromatic N) is 1. The first-order chi connectivity index (χ1) is 7.70. The maximum absolute atomic E-state index is 10.6. The van der Waals surface area contributed by atoms with E-state index in [0.717, 1.165) is 21.9 Å². The average Bonchev–Trinajstić information content (AvgIpc) is 2.77. The van der Waals surface area contributed by atoms with E-state index in [-0.39, 0.29) is 0 Å². The summed E-state index contributed by atoms with van der Waals surface area (Å²) in [7, 11) is 2.01. The number of thiophene rings is 1. The van der Waals surface area contributed by atoms with Crippen molar-refractivity contribution in [3.63, 3.8) is 0 Å². The number of aryl methyl sites for hydroxylation is 1. The summed E-state index contributed by atoms with van der Waals surface area (Å²) >= 11 is 1.50. The number of hydrogen-bond donors (Lipinski definition) is 0. The van der Waals surface area contributed by atoms with Gasteiger partial charge in [-0.05, 0) is 31.2 Å². The first-order valence-electron chi connectivity index (χ1n) is 5.06. The summed E-state index contributed by atoms with van der Waals surface area (Å²) in [6.07, 6.45) is 0.886. The minimum absolute atomic E-state index is 0.758. The second-order valence-electron chi connectivity index (χ2n) is 3.69. The minimum Gasteiger partial charge on any atom is -0.336 e. The summed E-state index contributed by atoms with van der Waals surface area (Å²) < 4.78 is 0. The van der Waals surface area contributed by atoms with Crippen LogP contribution >= 0.6 is 11.3 Å². The number of benzene rings is 1. The lowest BCUT2D eigenvalue weighted by atomic mass is 10.2. The van der Waals surface area contributed by atoms with Crippen molar-refractivity contribution in [3.05, 3.63) is 46.8 Å². The third kappa shape index (κ3) is 2.14. The Morgan fingerprint density at radius 1 is 1.12 bits per heavy atom. The van der Waals surface area contributed by atoms with Crippen LogP contribution in [0.15, 0.2) is 36.4 Å². The molecule has 0 N–H and O–H groups in total. The normalized spacial score (nSPS) is 10.1. The highest BCUT2D eigenvalue weighted by Crippen LogP contribution is 2.29. The van der Waals surface area contributed by atoms with Gasteiger partial charge < -0.3 is 4.90 Å². The molecule has 0 saturated heterocycles. The molecule has 0 unspecified atom stereocenters. The molecule has 0 saturated carbocycles. The lowest BCUT2D eigenvalue weighted by Crippen LogP contribution is -2.07. The van der Waals surface area contributed by atoms with Gasteiger partial charge in [0.05, 0.1) is 9.88 Å². The van der Waals surface area contributed by atoms with Crippen molar-refractivity contribution >= 4 is 28.3 Å². The molecule has 3 heteroatoms. The van der Waals surface area contributed by atoms with Gasteiger partial charge in [-0.2, -0.15) is 0 Å². The predicted octanol–water partition coefficient (Wildman–Crippen LogP) is 3.64. The smallest absolute Gasteiger partial charge is 0.160 e. The molecule has 1 aromatic heterocycles. The lowest BCUT2D eigenvalue weighted by Gasteiger charge is -2.17. The van der Waals surface area contributed by atoms with Gasteiger partial charge in [-0.15, -0.1) is 11.3 Å². The number of anilines is 2. The van der Waals surface area contributed by atoms with Gasteiger partial charge in [-0.3, -0.25) is 4.79 Å². The van der Waals surface area contributed by atoms with Gasteiger partial charge in [-0.25, -0.2) is 0 Å². The summed E-state index contributed by atoms with van der Waals surface area (Å²) in [6.45, 7) is 2.07. The van der Waals surface area contributed by atoms with Gasteiger partial charge >= 0.3 is 0 Å². The van der Waals surface area contributed by atoms with Crippen LogP contribution in [0.1, 0.15) is 15.2 Å². The highest BCUT2D eigenvalue weighted by atomic mass is 32.1. The molecule has 82 valence electrons. The van der Waals surface area contributed by atoms with E-state index in [4.69, 9.17) is 0 Å². The highest BCUT2D eigenvalue weighted by Gasteiger charge is 2.06. The molecule has 0 radical (unpaired) electrons. The Balaban J connectivity index is 2.27. The van der Waals surface area contributed by atoms with Crippen molar-refractivity contribution in [3.8, 4) is 0 Å². The zero-order chi connectivity index (χ0) is 11.5. The van der Waals surface area contributed by atoms with Crippen molar-refractivity contribution in [2.75, 3.05) is 11.9 Å². The molecule has 0 aliphatic rings. The Bertz CT molecular complexity index is 487. The quantitative estimate of drug-likeness (QED) is 0.752. The molecule has 1 aromatic carbocycles. The van der Waals surface area contributed by atoms with Gasteiger partial charge in [0.1, 0.15) is 0 Å². The molecule has 2 rings (SSSR count). The largest absolute Gasteiger partial charge is 0.336 e. The molecular weight excluding hydrogens is 218 g/mol. The molecule has 0 aliphatic carbocycles. The van der Waals surface area contributed by atoms with Crippen molar-refractivity contribution in [1.29, 1.82) is 0 Å². The number of hydrogen-bond acceptors (Lipinski definition) is 3. The van der Waals surface area contributed by atoms with Gasteiger partial charge in [0.15, 0.2) is 6.29 Å². The zero-order valence-electron chi connectivity index (χ0n) is 9.31. The van der Waals surface area contributed by atoms with Crippen LogP contribution in [0.25, 0.3) is 0 Å². The molecule has 0 atom stereocenters. The maximum Gasteiger partial charge on any atom is 0.160 e. The summed E-state index contributed by atoms with van der Waals surface area (Å²) in [4.78, 5) is 13.5. The van der Waals surface area contributed by atoms with E-state index in [9.17, 15) is 4.79 Å². The fraction of sp³-hybridized carbons (Fsp3) is 0.154. The topological polar surface area (TPSA) is 20.3 Å². The van der Waals surface area contributed by atoms with Crippen LogP contribution in [0.2, 0.25) is 0 Å². The minimum atomic E-state index is 0.758. The molecule has 0 fully saturated rings. The van der Waals surface area contributed by atoms with E-state index in [1.807, 2.05) is 19.2 Å². The maximum atomic E-state index is 10.6. The first-order valence-corrected chi connectivity index (χ1v) is 5.88. The SMILES string of the molecule is Cc1ccc(N(C)c2ccc(C=O)s2)cc1. The third-order valence-corrected chi connectivity index (χ3v) is 3.57. The van der Waals surface area contributed by atoms with Crippen LogP contribution in [0.3, 0.4) is 0 Å². The summed E-state index contributed by atoms with van der Waals surface area (Å²) in [6, 6.07) is 12.1. The standard InChI is InChI=1S/C13H13NOS/c1-10-3-5-11(6-4-10)14(2)13-8-7-12(9-15)16-13/h3-9H,1-2H3. The molecule has 1 heterocycles. The first kappa shape index (κ1) is 10.9. The van der Waals surface area contributed by atoms with Crippen LogP contribution < -0.4 is 4.90 Å². The Hall–Kier alpha value is -1.61. The fourth-order valence-corrected chi connectivity index (χ4v) is 2.29. The van der Waals surface area contributed by atoms with Gasteiger partial charge in [-0.1, -0.05) is 17.7 Å². The summed E-state index contributed by atoms with van der Waals surface area (Å²) in [5.41, 5.74) is 2.38. The van der Waals surface area contributed by atoms with Crippen LogP contribution in [-0.4, -0.2) is 13.3 Å². The third-order valence-electron chi connectivity index (χ3n) is 2.48. The second kappa shape index (κ2) is 4.49. The molecular formula is C13H13NOS. The van der Waals surface area contributed by atoms with Crippen LogP contribution in [0.5, 0.6) is 0 Å². The number of carbonyl (C=O) groups excluding carboxylic acids is 1. The monoisotopic (exact) mass is 231 g/mol. The van der Waals surface area contributed by atoms with E-state index in [0.29, 0.717) is 0 Å². The molecule has 0 amide bonds. The average molecular weight is 231 g/mol. The fourth-order valence-electron chi connectivity index (χ4n) is 1.48. The highest BCUT2D eigenvalue weighted by molar-refractivity contribution is 7.17. The van der Waals surface area contributed by atoms with Crippen LogP contribution in [0, 0.1) is 6.92 Å². The van der Waals surface area contributed by atoms with E-state index >= 15 is 0 Å². The van der Waals surface area contributed by atoms with E-state index in [1.165, 1.54) is 16.9 Å². The van der Waals surface area contributed by atoms with Crippen molar-refractivity contribution in [2.24, 2.45) is 0 Å². The van der Waals surface area contributed by atoms with E-state index < -0.39 is 0 Å². The number of rotatable bonds is 3. The number of carbonyl (C=O) groups is 1. The van der Waals surface area contributed by atoms with Crippen molar-refractivity contribution in [2.45, 2.75) is 6.92 Å². The van der Waals surface area contributed by atoms with Gasteiger partial charge in [0.25, 0.3) is 0 Å². The van der Waals surface area contributed by atoms with Crippen LogP contribution in [0.4, 0.5) is 10.7 Å². The van der Waals surface area contributed by atoms with Crippen LogP contribution in [-0.2, 0) is 0 Å². The van der Waals surface area contributed by atoms with Crippen molar-refractivity contribution < 1.29 is 4.79 Å². The summed E-state index contributed by atoms with van der Waals surface area (Å²) in [5, 5.41) is 1.07. The van der Waals surface area contributed by atoms with E-state index in [1.54, 1.807) is 0 Å².